The van der Waals surface area contributed by atoms with Crippen molar-refractivity contribution in [1.29, 1.82) is 0 Å². The highest BCUT2D eigenvalue weighted by atomic mass is 32.2. The van der Waals surface area contributed by atoms with Gasteiger partial charge in [0.2, 0.25) is 0 Å². The summed E-state index contributed by atoms with van der Waals surface area (Å²) in [5, 5.41) is 0.743. The summed E-state index contributed by atoms with van der Waals surface area (Å²) in [7, 11) is 0. The smallest absolute Gasteiger partial charge is 0.268 e. The van der Waals surface area contributed by atoms with Crippen molar-refractivity contribution in [3.8, 4) is 5.69 Å². The molecule has 2 rings (SSSR count). The third kappa shape index (κ3) is 2.10. The SMILES string of the molecule is CSc1ccn(-c2ccccc2)c(=O)n1. The Hall–Kier alpha value is -1.55. The van der Waals surface area contributed by atoms with Gasteiger partial charge in [-0.25, -0.2) is 4.79 Å². The maximum atomic E-state index is 11.6. The van der Waals surface area contributed by atoms with E-state index in [0.29, 0.717) is 0 Å². The fraction of sp³-hybridized carbons (Fsp3) is 0.0909. The van der Waals surface area contributed by atoms with Crippen molar-refractivity contribution in [2.75, 3.05) is 6.26 Å². The number of hydrogen-bond acceptors (Lipinski definition) is 3. The second-order valence-electron chi connectivity index (χ2n) is 2.96. The predicted molar refractivity (Wildman–Crippen MR) is 61.6 cm³/mol. The van der Waals surface area contributed by atoms with Crippen LogP contribution in [0, 0.1) is 0 Å². The molecular weight excluding hydrogens is 208 g/mol. The van der Waals surface area contributed by atoms with Gasteiger partial charge in [-0.3, -0.25) is 4.57 Å². The van der Waals surface area contributed by atoms with Gasteiger partial charge in [0.25, 0.3) is 0 Å². The molecule has 0 atom stereocenters. The number of nitrogens with zero attached hydrogens (tertiary/aromatic N) is 2. The van der Waals surface area contributed by atoms with Crippen molar-refractivity contribution in [3.05, 3.63) is 53.1 Å². The van der Waals surface area contributed by atoms with Gasteiger partial charge < -0.3 is 0 Å². The first-order valence-corrected chi connectivity index (χ1v) is 5.73. The zero-order valence-corrected chi connectivity index (χ0v) is 9.07. The van der Waals surface area contributed by atoms with E-state index < -0.39 is 0 Å². The topological polar surface area (TPSA) is 34.9 Å². The standard InChI is InChI=1S/C11H10N2OS/c1-15-10-7-8-13(11(14)12-10)9-5-3-2-4-6-9/h2-8H,1H3. The van der Waals surface area contributed by atoms with Crippen LogP contribution in [0.4, 0.5) is 0 Å². The predicted octanol–water partition coefficient (Wildman–Crippen LogP) is 1.95. The zero-order chi connectivity index (χ0) is 10.7. The van der Waals surface area contributed by atoms with E-state index in [1.165, 1.54) is 16.3 Å². The van der Waals surface area contributed by atoms with Crippen LogP contribution in [0.2, 0.25) is 0 Å². The summed E-state index contributed by atoms with van der Waals surface area (Å²) in [6, 6.07) is 11.3. The quantitative estimate of drug-likeness (QED) is 0.571. The summed E-state index contributed by atoms with van der Waals surface area (Å²) in [6.45, 7) is 0. The molecule has 3 nitrogen and oxygen atoms in total. The van der Waals surface area contributed by atoms with Gasteiger partial charge in [-0.15, -0.1) is 11.8 Å². The van der Waals surface area contributed by atoms with Gasteiger partial charge in [0.1, 0.15) is 5.03 Å². The van der Waals surface area contributed by atoms with E-state index in [4.69, 9.17) is 0 Å². The molecule has 0 saturated carbocycles. The fourth-order valence-electron chi connectivity index (χ4n) is 1.29. The molecule has 76 valence electrons. The monoisotopic (exact) mass is 218 g/mol. The minimum Gasteiger partial charge on any atom is -0.268 e. The second-order valence-corrected chi connectivity index (χ2v) is 3.78. The molecule has 0 spiro atoms. The third-order valence-corrected chi connectivity index (χ3v) is 2.67. The molecule has 1 aromatic carbocycles. The Morgan fingerprint density at radius 2 is 1.93 bits per heavy atom. The van der Waals surface area contributed by atoms with Gasteiger partial charge in [0, 0.05) is 6.20 Å². The first-order valence-electron chi connectivity index (χ1n) is 4.50. The summed E-state index contributed by atoms with van der Waals surface area (Å²) in [5.74, 6) is 0. The van der Waals surface area contributed by atoms with E-state index in [0.717, 1.165) is 10.7 Å². The molecule has 0 fully saturated rings. The first-order chi connectivity index (χ1) is 7.31. The maximum absolute atomic E-state index is 11.6. The molecule has 0 amide bonds. The van der Waals surface area contributed by atoms with Crippen LogP contribution in [0.5, 0.6) is 0 Å². The lowest BCUT2D eigenvalue weighted by atomic mass is 10.3. The van der Waals surface area contributed by atoms with Crippen LogP contribution in [-0.4, -0.2) is 15.8 Å². The summed E-state index contributed by atoms with van der Waals surface area (Å²) >= 11 is 1.46. The molecule has 2 aromatic rings. The largest absolute Gasteiger partial charge is 0.353 e. The van der Waals surface area contributed by atoms with Crippen LogP contribution in [0.25, 0.3) is 5.69 Å². The van der Waals surface area contributed by atoms with E-state index in [1.807, 2.05) is 42.7 Å². The molecule has 0 unspecified atom stereocenters. The third-order valence-electron chi connectivity index (χ3n) is 2.02. The summed E-state index contributed by atoms with van der Waals surface area (Å²) in [5.41, 5.74) is 0.593. The fourth-order valence-corrected chi connectivity index (χ4v) is 1.65. The number of thioether (sulfide) groups is 1. The van der Waals surface area contributed by atoms with Crippen molar-refractivity contribution >= 4 is 11.8 Å². The molecule has 15 heavy (non-hydrogen) atoms. The van der Waals surface area contributed by atoms with E-state index >= 15 is 0 Å². The molecule has 0 aliphatic rings. The van der Waals surface area contributed by atoms with Crippen LogP contribution in [0.3, 0.4) is 0 Å². The molecule has 4 heteroatoms. The zero-order valence-electron chi connectivity index (χ0n) is 8.25. The number of para-hydroxylation sites is 1. The molecular formula is C11H10N2OS. The van der Waals surface area contributed by atoms with E-state index in [-0.39, 0.29) is 5.69 Å². The molecule has 0 saturated heterocycles. The van der Waals surface area contributed by atoms with Gasteiger partial charge in [0.05, 0.1) is 5.69 Å². The van der Waals surface area contributed by atoms with Gasteiger partial charge >= 0.3 is 5.69 Å². The minimum atomic E-state index is -0.243. The van der Waals surface area contributed by atoms with Crippen LogP contribution in [-0.2, 0) is 0 Å². The molecule has 1 heterocycles. The van der Waals surface area contributed by atoms with Gasteiger partial charge in [0.15, 0.2) is 0 Å². The highest BCUT2D eigenvalue weighted by molar-refractivity contribution is 7.98. The van der Waals surface area contributed by atoms with E-state index in [2.05, 4.69) is 4.98 Å². The normalized spacial score (nSPS) is 10.2. The van der Waals surface area contributed by atoms with Crippen molar-refractivity contribution in [3.63, 3.8) is 0 Å². The summed E-state index contributed by atoms with van der Waals surface area (Å²) in [4.78, 5) is 15.6. The molecule has 0 aliphatic carbocycles. The summed E-state index contributed by atoms with van der Waals surface area (Å²) < 4.78 is 1.53. The Kier molecular flexibility index (Phi) is 2.87. The minimum absolute atomic E-state index is 0.243. The van der Waals surface area contributed by atoms with Crippen LogP contribution >= 0.6 is 11.8 Å². The molecule has 0 N–H and O–H groups in total. The summed E-state index contributed by atoms with van der Waals surface area (Å²) in [6.07, 6.45) is 3.64. The Balaban J connectivity index is 2.51. The van der Waals surface area contributed by atoms with Crippen molar-refractivity contribution in [2.45, 2.75) is 5.03 Å². The number of hydrogen-bond donors (Lipinski definition) is 0. The lowest BCUT2D eigenvalue weighted by molar-refractivity contribution is 0.867. The van der Waals surface area contributed by atoms with Gasteiger partial charge in [-0.2, -0.15) is 4.98 Å². The van der Waals surface area contributed by atoms with Gasteiger partial charge in [-0.1, -0.05) is 18.2 Å². The Bertz CT molecular complexity index is 507. The lowest BCUT2D eigenvalue weighted by Crippen LogP contribution is -2.20. The molecule has 1 aromatic heterocycles. The molecule has 0 aliphatic heterocycles. The van der Waals surface area contributed by atoms with E-state index in [9.17, 15) is 4.79 Å². The molecule has 0 radical (unpaired) electrons. The average molecular weight is 218 g/mol. The number of benzene rings is 1. The van der Waals surface area contributed by atoms with Crippen molar-refractivity contribution in [1.82, 2.24) is 9.55 Å². The Morgan fingerprint density at radius 1 is 1.20 bits per heavy atom. The first kappa shape index (κ1) is 9.98. The number of rotatable bonds is 2. The number of aromatic nitrogens is 2. The lowest BCUT2D eigenvalue weighted by Gasteiger charge is -2.04. The maximum Gasteiger partial charge on any atom is 0.353 e. The van der Waals surface area contributed by atoms with Gasteiger partial charge in [-0.05, 0) is 24.5 Å². The van der Waals surface area contributed by atoms with Crippen LogP contribution in [0.15, 0.2) is 52.4 Å². The van der Waals surface area contributed by atoms with Crippen LogP contribution < -0.4 is 5.69 Å². The highest BCUT2D eigenvalue weighted by Crippen LogP contribution is 2.09. The van der Waals surface area contributed by atoms with E-state index in [1.54, 1.807) is 6.20 Å². The van der Waals surface area contributed by atoms with Crippen molar-refractivity contribution < 1.29 is 0 Å². The highest BCUT2D eigenvalue weighted by Gasteiger charge is 2.00. The van der Waals surface area contributed by atoms with Crippen LogP contribution in [0.1, 0.15) is 0 Å². The average Bonchev–Trinajstić information content (AvgIpc) is 2.30. The second kappa shape index (κ2) is 4.31. The molecule has 0 bridgehead atoms. The van der Waals surface area contributed by atoms with Crippen molar-refractivity contribution in [2.24, 2.45) is 0 Å². The Morgan fingerprint density at radius 3 is 2.53 bits per heavy atom. The Labute approximate surface area is 91.8 Å².